The number of rotatable bonds is 7. The molecule has 5 rings (SSSR count). The fourth-order valence-corrected chi connectivity index (χ4v) is 4.69. The lowest BCUT2D eigenvalue weighted by Crippen LogP contribution is -2.46. The Bertz CT molecular complexity index is 1400. The monoisotopic (exact) mass is 511 g/mol. The quantitative estimate of drug-likeness (QED) is 0.329. The van der Waals surface area contributed by atoms with Gasteiger partial charge in [0.1, 0.15) is 17.3 Å². The number of hydrogen-bond donors (Lipinski definition) is 2. The van der Waals surface area contributed by atoms with E-state index in [2.05, 4.69) is 15.1 Å². The van der Waals surface area contributed by atoms with Crippen molar-refractivity contribution < 1.29 is 19.0 Å². The van der Waals surface area contributed by atoms with Crippen LogP contribution in [0.1, 0.15) is 15.9 Å². The second kappa shape index (κ2) is 11.4. The fourth-order valence-electron chi connectivity index (χ4n) is 4.69. The smallest absolute Gasteiger partial charge is 0.255 e. The SMILES string of the molecule is COc1ccc(NC(=O)c2ccc(N3CCN(Cc4ccc(-c5cccc(O)c5)c(F)c4)CC3)cc2)cc1. The summed E-state index contributed by atoms with van der Waals surface area (Å²) in [6, 6.07) is 26.8. The zero-order valence-corrected chi connectivity index (χ0v) is 21.2. The maximum Gasteiger partial charge on any atom is 0.255 e. The molecular weight excluding hydrogens is 481 g/mol. The maximum absolute atomic E-state index is 14.8. The van der Waals surface area contributed by atoms with E-state index < -0.39 is 0 Å². The van der Waals surface area contributed by atoms with Crippen molar-refractivity contribution >= 4 is 17.3 Å². The Hall–Kier alpha value is -4.36. The highest BCUT2D eigenvalue weighted by Gasteiger charge is 2.18. The Labute approximate surface area is 221 Å². The van der Waals surface area contributed by atoms with Crippen molar-refractivity contribution in [2.24, 2.45) is 0 Å². The first-order valence-corrected chi connectivity index (χ1v) is 12.6. The number of aromatic hydroxyl groups is 1. The highest BCUT2D eigenvalue weighted by atomic mass is 19.1. The van der Waals surface area contributed by atoms with Crippen LogP contribution in [0.2, 0.25) is 0 Å². The Morgan fingerprint density at radius 2 is 1.66 bits per heavy atom. The molecule has 1 amide bonds. The molecule has 194 valence electrons. The van der Waals surface area contributed by atoms with Gasteiger partial charge in [0.05, 0.1) is 7.11 Å². The highest BCUT2D eigenvalue weighted by molar-refractivity contribution is 6.04. The summed E-state index contributed by atoms with van der Waals surface area (Å²) in [5, 5.41) is 12.6. The van der Waals surface area contributed by atoms with Gasteiger partial charge in [-0.3, -0.25) is 9.69 Å². The number of amides is 1. The lowest BCUT2D eigenvalue weighted by atomic mass is 10.0. The number of nitrogens with one attached hydrogen (secondary N) is 1. The highest BCUT2D eigenvalue weighted by Crippen LogP contribution is 2.27. The van der Waals surface area contributed by atoms with Gasteiger partial charge in [-0.25, -0.2) is 4.39 Å². The average Bonchev–Trinajstić information content (AvgIpc) is 2.94. The molecule has 4 aromatic rings. The Kier molecular flexibility index (Phi) is 7.56. The number of piperazine rings is 1. The minimum atomic E-state index is -0.289. The molecule has 38 heavy (non-hydrogen) atoms. The molecule has 0 bridgehead atoms. The van der Waals surface area contributed by atoms with Crippen LogP contribution < -0.4 is 15.0 Å². The minimum Gasteiger partial charge on any atom is -0.508 e. The zero-order chi connectivity index (χ0) is 26.5. The van der Waals surface area contributed by atoms with Gasteiger partial charge in [0.25, 0.3) is 5.91 Å². The maximum atomic E-state index is 14.8. The predicted molar refractivity (Wildman–Crippen MR) is 148 cm³/mol. The van der Waals surface area contributed by atoms with Crippen LogP contribution in [0.15, 0.2) is 91.0 Å². The first-order valence-electron chi connectivity index (χ1n) is 12.6. The second-order valence-electron chi connectivity index (χ2n) is 9.36. The molecular formula is C31H30FN3O3. The third-order valence-electron chi connectivity index (χ3n) is 6.81. The molecule has 1 aliphatic rings. The second-order valence-corrected chi connectivity index (χ2v) is 9.36. The third kappa shape index (κ3) is 5.95. The van der Waals surface area contributed by atoms with E-state index in [0.717, 1.165) is 43.2 Å². The minimum absolute atomic E-state index is 0.121. The van der Waals surface area contributed by atoms with Crippen LogP contribution in [-0.4, -0.2) is 49.2 Å². The van der Waals surface area contributed by atoms with Crippen molar-refractivity contribution in [3.63, 3.8) is 0 Å². The van der Waals surface area contributed by atoms with E-state index in [9.17, 15) is 14.3 Å². The van der Waals surface area contributed by atoms with E-state index in [4.69, 9.17) is 4.74 Å². The standard InChI is InChI=1S/C31H30FN3O3/c1-38-28-12-8-25(9-13-28)33-31(37)23-6-10-26(11-7-23)35-17-15-34(16-18-35)21-22-5-14-29(30(32)19-22)24-3-2-4-27(36)20-24/h2-14,19-20,36H,15-18,21H2,1H3,(H,33,37). The van der Waals surface area contributed by atoms with Gasteiger partial charge in [-0.1, -0.05) is 24.3 Å². The van der Waals surface area contributed by atoms with Crippen LogP contribution in [0.5, 0.6) is 11.5 Å². The van der Waals surface area contributed by atoms with Crippen LogP contribution in [-0.2, 0) is 6.54 Å². The first kappa shape index (κ1) is 25.3. The third-order valence-corrected chi connectivity index (χ3v) is 6.81. The number of nitrogens with zero attached hydrogens (tertiary/aromatic N) is 2. The molecule has 0 radical (unpaired) electrons. The van der Waals surface area contributed by atoms with E-state index >= 15 is 0 Å². The van der Waals surface area contributed by atoms with E-state index in [0.29, 0.717) is 28.9 Å². The largest absolute Gasteiger partial charge is 0.508 e. The lowest BCUT2D eigenvalue weighted by molar-refractivity contribution is 0.102. The van der Waals surface area contributed by atoms with Crippen molar-refractivity contribution in [3.05, 3.63) is 108 Å². The lowest BCUT2D eigenvalue weighted by Gasteiger charge is -2.36. The number of hydrogen-bond acceptors (Lipinski definition) is 5. The van der Waals surface area contributed by atoms with Crippen LogP contribution in [0, 0.1) is 5.82 Å². The summed E-state index contributed by atoms with van der Waals surface area (Å²) in [7, 11) is 1.61. The van der Waals surface area contributed by atoms with Gasteiger partial charge in [0, 0.05) is 55.2 Å². The van der Waals surface area contributed by atoms with E-state index in [-0.39, 0.29) is 17.5 Å². The molecule has 0 unspecified atom stereocenters. The number of ether oxygens (including phenoxy) is 1. The van der Waals surface area contributed by atoms with Gasteiger partial charge in [-0.05, 0) is 77.9 Å². The van der Waals surface area contributed by atoms with Crippen LogP contribution >= 0.6 is 0 Å². The Morgan fingerprint density at radius 3 is 2.32 bits per heavy atom. The van der Waals surface area contributed by atoms with E-state index in [1.54, 1.807) is 55.6 Å². The van der Waals surface area contributed by atoms with Gasteiger partial charge in [-0.15, -0.1) is 0 Å². The summed E-state index contributed by atoms with van der Waals surface area (Å²) in [4.78, 5) is 17.2. The van der Waals surface area contributed by atoms with Crippen molar-refractivity contribution in [1.82, 2.24) is 4.90 Å². The first-order chi connectivity index (χ1) is 18.5. The summed E-state index contributed by atoms with van der Waals surface area (Å²) >= 11 is 0. The zero-order valence-electron chi connectivity index (χ0n) is 21.2. The van der Waals surface area contributed by atoms with Crippen LogP contribution in [0.3, 0.4) is 0 Å². The van der Waals surface area contributed by atoms with E-state index in [1.165, 1.54) is 0 Å². The summed E-state index contributed by atoms with van der Waals surface area (Å²) in [6.45, 7) is 4.09. The summed E-state index contributed by atoms with van der Waals surface area (Å²) < 4.78 is 20.0. The van der Waals surface area contributed by atoms with Crippen LogP contribution in [0.25, 0.3) is 11.1 Å². The topological polar surface area (TPSA) is 65.0 Å². The molecule has 7 heteroatoms. The number of anilines is 2. The number of phenolic OH excluding ortho intramolecular Hbond substituents is 1. The molecule has 0 saturated carbocycles. The molecule has 1 fully saturated rings. The number of carbonyl (C=O) groups is 1. The number of benzene rings is 4. The summed E-state index contributed by atoms with van der Waals surface area (Å²) in [5.74, 6) is 0.412. The normalized spacial score (nSPS) is 13.8. The van der Waals surface area contributed by atoms with Crippen molar-refractivity contribution in [2.75, 3.05) is 43.5 Å². The summed E-state index contributed by atoms with van der Waals surface area (Å²) in [6.07, 6.45) is 0. The Balaban J connectivity index is 1.14. The Morgan fingerprint density at radius 1 is 0.921 bits per heavy atom. The molecule has 1 heterocycles. The van der Waals surface area contributed by atoms with Gasteiger partial charge in [-0.2, -0.15) is 0 Å². The van der Waals surface area contributed by atoms with Crippen molar-refractivity contribution in [2.45, 2.75) is 6.54 Å². The number of halogens is 1. The van der Waals surface area contributed by atoms with Gasteiger partial charge < -0.3 is 20.1 Å². The molecule has 2 N–H and O–H groups in total. The molecule has 0 spiro atoms. The number of carbonyl (C=O) groups excluding carboxylic acids is 1. The molecule has 6 nitrogen and oxygen atoms in total. The average molecular weight is 512 g/mol. The fraction of sp³-hybridized carbons (Fsp3) is 0.194. The number of methoxy groups -OCH3 is 1. The van der Waals surface area contributed by atoms with Crippen molar-refractivity contribution in [3.8, 4) is 22.6 Å². The number of phenols is 1. The van der Waals surface area contributed by atoms with Crippen molar-refractivity contribution in [1.29, 1.82) is 0 Å². The molecule has 0 aliphatic carbocycles. The summed E-state index contributed by atoms with van der Waals surface area (Å²) in [5.41, 5.74) is 4.45. The predicted octanol–water partition coefficient (Wildman–Crippen LogP) is 5.78. The molecule has 1 saturated heterocycles. The molecule has 0 atom stereocenters. The van der Waals surface area contributed by atoms with Gasteiger partial charge in [0.15, 0.2) is 0 Å². The van der Waals surface area contributed by atoms with E-state index in [1.807, 2.05) is 42.5 Å². The van der Waals surface area contributed by atoms with Gasteiger partial charge >= 0.3 is 0 Å². The molecule has 4 aromatic carbocycles. The molecule has 1 aliphatic heterocycles. The van der Waals surface area contributed by atoms with Crippen LogP contribution in [0.4, 0.5) is 15.8 Å². The molecule has 0 aromatic heterocycles. The van der Waals surface area contributed by atoms with Gasteiger partial charge in [0.2, 0.25) is 0 Å².